The summed E-state index contributed by atoms with van der Waals surface area (Å²) in [5, 5.41) is 3.69. The van der Waals surface area contributed by atoms with Gasteiger partial charge in [-0.05, 0) is 51.2 Å². The number of hydrogen-bond acceptors (Lipinski definition) is 3. The highest BCUT2D eigenvalue weighted by Gasteiger charge is 2.17. The smallest absolute Gasteiger partial charge is 0.0480 e. The topological polar surface area (TPSA) is 24.5 Å². The lowest BCUT2D eigenvalue weighted by molar-refractivity contribution is 0.0766. The van der Waals surface area contributed by atoms with E-state index in [-0.39, 0.29) is 0 Å². The molecule has 3 nitrogen and oxygen atoms in total. The van der Waals surface area contributed by atoms with Crippen molar-refractivity contribution >= 4 is 0 Å². The zero-order valence-corrected chi connectivity index (χ0v) is 10.6. The molecule has 0 aliphatic carbocycles. The Morgan fingerprint density at radius 1 is 1.25 bits per heavy atom. The van der Waals surface area contributed by atoms with E-state index in [0.29, 0.717) is 6.04 Å². The monoisotopic (exact) mass is 226 g/mol. The molecule has 2 aliphatic heterocycles. The van der Waals surface area contributed by atoms with Gasteiger partial charge in [0.1, 0.15) is 0 Å². The van der Waals surface area contributed by atoms with Crippen molar-refractivity contribution in [1.82, 2.24) is 10.2 Å². The van der Waals surface area contributed by atoms with Crippen LogP contribution in [0, 0.1) is 5.92 Å². The summed E-state index contributed by atoms with van der Waals surface area (Å²) in [4.78, 5) is 2.61. The quantitative estimate of drug-likeness (QED) is 0.768. The van der Waals surface area contributed by atoms with Crippen molar-refractivity contribution in [3.05, 3.63) is 0 Å². The Morgan fingerprint density at radius 3 is 2.62 bits per heavy atom. The van der Waals surface area contributed by atoms with Gasteiger partial charge in [-0.15, -0.1) is 0 Å². The van der Waals surface area contributed by atoms with E-state index in [1.54, 1.807) is 0 Å². The highest BCUT2D eigenvalue weighted by atomic mass is 16.5. The Morgan fingerprint density at radius 2 is 1.94 bits per heavy atom. The fourth-order valence-electron chi connectivity index (χ4n) is 2.74. The Labute approximate surface area is 99.5 Å². The fourth-order valence-corrected chi connectivity index (χ4v) is 2.74. The van der Waals surface area contributed by atoms with Crippen molar-refractivity contribution < 1.29 is 4.74 Å². The summed E-state index contributed by atoms with van der Waals surface area (Å²) in [5.74, 6) is 0.779. The van der Waals surface area contributed by atoms with Gasteiger partial charge in [0.25, 0.3) is 0 Å². The lowest BCUT2D eigenvalue weighted by Gasteiger charge is -2.26. The molecule has 0 aromatic carbocycles. The van der Waals surface area contributed by atoms with Gasteiger partial charge in [-0.25, -0.2) is 0 Å². The van der Waals surface area contributed by atoms with Crippen LogP contribution in [0.5, 0.6) is 0 Å². The third kappa shape index (κ3) is 4.04. The van der Waals surface area contributed by atoms with E-state index >= 15 is 0 Å². The fraction of sp³-hybridized carbons (Fsp3) is 1.00. The molecule has 1 N–H and O–H groups in total. The number of rotatable bonds is 5. The van der Waals surface area contributed by atoms with Crippen LogP contribution in [0.25, 0.3) is 0 Å². The summed E-state index contributed by atoms with van der Waals surface area (Å²) >= 11 is 0. The van der Waals surface area contributed by atoms with Gasteiger partial charge in [0.05, 0.1) is 0 Å². The first-order chi connectivity index (χ1) is 7.84. The Balaban J connectivity index is 1.57. The lowest BCUT2D eigenvalue weighted by atomic mass is 10.1. The normalized spacial score (nSPS) is 26.1. The maximum absolute atomic E-state index is 5.37. The molecule has 2 fully saturated rings. The zero-order chi connectivity index (χ0) is 11.2. The molecule has 0 spiro atoms. The first-order valence-electron chi connectivity index (χ1n) is 6.88. The molecule has 3 heteroatoms. The molecular formula is C13H26N2O. The molecule has 1 unspecified atom stereocenters. The number of likely N-dealkylation sites (tertiary alicyclic amines) is 1. The molecule has 0 amide bonds. The van der Waals surface area contributed by atoms with Crippen LogP contribution < -0.4 is 5.32 Å². The van der Waals surface area contributed by atoms with Crippen LogP contribution in [0.3, 0.4) is 0 Å². The summed E-state index contributed by atoms with van der Waals surface area (Å²) in [6, 6.07) is 0.703. The summed E-state index contributed by atoms with van der Waals surface area (Å²) in [5.41, 5.74) is 0. The second-order valence-corrected chi connectivity index (χ2v) is 5.41. The van der Waals surface area contributed by atoms with Gasteiger partial charge in [0, 0.05) is 25.8 Å². The van der Waals surface area contributed by atoms with Crippen molar-refractivity contribution in [2.45, 2.75) is 38.6 Å². The Bertz CT molecular complexity index is 186. The van der Waals surface area contributed by atoms with Crippen molar-refractivity contribution in [3.63, 3.8) is 0 Å². The average Bonchev–Trinajstić information content (AvgIpc) is 2.81. The molecule has 2 saturated heterocycles. The minimum absolute atomic E-state index is 0.703. The maximum Gasteiger partial charge on any atom is 0.0480 e. The van der Waals surface area contributed by atoms with Crippen LogP contribution >= 0.6 is 0 Å². The second-order valence-electron chi connectivity index (χ2n) is 5.41. The van der Waals surface area contributed by atoms with E-state index in [1.165, 1.54) is 51.9 Å². The molecule has 0 aromatic heterocycles. The van der Waals surface area contributed by atoms with Gasteiger partial charge in [-0.1, -0.05) is 6.92 Å². The van der Waals surface area contributed by atoms with Gasteiger partial charge in [-0.2, -0.15) is 0 Å². The minimum Gasteiger partial charge on any atom is -0.381 e. The minimum atomic E-state index is 0.703. The zero-order valence-electron chi connectivity index (χ0n) is 10.6. The molecule has 94 valence electrons. The first kappa shape index (κ1) is 12.3. The van der Waals surface area contributed by atoms with E-state index in [2.05, 4.69) is 17.1 Å². The molecule has 0 radical (unpaired) electrons. The molecule has 16 heavy (non-hydrogen) atoms. The summed E-state index contributed by atoms with van der Waals surface area (Å²) in [7, 11) is 0. The van der Waals surface area contributed by atoms with Gasteiger partial charge >= 0.3 is 0 Å². The molecular weight excluding hydrogens is 200 g/mol. The molecule has 0 bridgehead atoms. The third-order valence-corrected chi connectivity index (χ3v) is 3.74. The van der Waals surface area contributed by atoms with E-state index in [0.717, 1.165) is 19.1 Å². The van der Waals surface area contributed by atoms with Gasteiger partial charge < -0.3 is 15.0 Å². The van der Waals surface area contributed by atoms with Gasteiger partial charge in [0.2, 0.25) is 0 Å². The van der Waals surface area contributed by atoms with Gasteiger partial charge in [0.15, 0.2) is 0 Å². The highest BCUT2D eigenvalue weighted by molar-refractivity contribution is 4.74. The van der Waals surface area contributed by atoms with Crippen LogP contribution in [0.4, 0.5) is 0 Å². The number of nitrogens with zero attached hydrogens (tertiary/aromatic N) is 1. The third-order valence-electron chi connectivity index (χ3n) is 3.74. The molecule has 2 aliphatic rings. The lowest BCUT2D eigenvalue weighted by Crippen LogP contribution is -2.39. The van der Waals surface area contributed by atoms with E-state index < -0.39 is 0 Å². The van der Waals surface area contributed by atoms with Crippen LogP contribution in [-0.4, -0.2) is 50.3 Å². The van der Waals surface area contributed by atoms with Crippen LogP contribution in [0.2, 0.25) is 0 Å². The maximum atomic E-state index is 5.37. The molecule has 2 rings (SSSR count). The number of nitrogens with one attached hydrogen (secondary N) is 1. The Hall–Kier alpha value is -0.120. The van der Waals surface area contributed by atoms with E-state index in [9.17, 15) is 0 Å². The van der Waals surface area contributed by atoms with Crippen LogP contribution in [0.15, 0.2) is 0 Å². The summed E-state index contributed by atoms with van der Waals surface area (Å²) < 4.78 is 5.37. The average molecular weight is 226 g/mol. The second kappa shape index (κ2) is 6.58. The van der Waals surface area contributed by atoms with Crippen LogP contribution in [0.1, 0.15) is 32.6 Å². The summed E-state index contributed by atoms with van der Waals surface area (Å²) in [6.45, 7) is 9.33. The van der Waals surface area contributed by atoms with Crippen molar-refractivity contribution in [2.24, 2.45) is 5.92 Å². The SMILES string of the molecule is CC(CNC1CCOCC1)CN1CCCC1. The first-order valence-corrected chi connectivity index (χ1v) is 6.88. The van der Waals surface area contributed by atoms with Crippen molar-refractivity contribution in [3.8, 4) is 0 Å². The van der Waals surface area contributed by atoms with Crippen molar-refractivity contribution in [1.29, 1.82) is 0 Å². The predicted molar refractivity (Wildman–Crippen MR) is 66.7 cm³/mol. The van der Waals surface area contributed by atoms with Gasteiger partial charge in [-0.3, -0.25) is 0 Å². The van der Waals surface area contributed by atoms with Crippen molar-refractivity contribution in [2.75, 3.05) is 39.4 Å². The molecule has 0 aromatic rings. The predicted octanol–water partition coefficient (Wildman–Crippen LogP) is 1.49. The molecule has 2 heterocycles. The largest absolute Gasteiger partial charge is 0.381 e. The number of ether oxygens (including phenoxy) is 1. The summed E-state index contributed by atoms with van der Waals surface area (Å²) in [6.07, 6.45) is 5.19. The van der Waals surface area contributed by atoms with Crippen LogP contribution in [-0.2, 0) is 4.74 Å². The molecule has 1 atom stereocenters. The standard InChI is InChI=1S/C13H26N2O/c1-12(11-15-6-2-3-7-15)10-14-13-4-8-16-9-5-13/h12-14H,2-11H2,1H3. The van der Waals surface area contributed by atoms with E-state index in [4.69, 9.17) is 4.74 Å². The van der Waals surface area contributed by atoms with E-state index in [1.807, 2.05) is 0 Å². The molecule has 0 saturated carbocycles. The Kier molecular flexibility index (Phi) is 5.07. The highest BCUT2D eigenvalue weighted by Crippen LogP contribution is 2.11. The number of hydrogen-bond donors (Lipinski definition) is 1.